The summed E-state index contributed by atoms with van der Waals surface area (Å²) in [4.78, 5) is 25.1. The molecule has 2 amide bonds. The maximum atomic E-state index is 13.0. The van der Waals surface area contributed by atoms with Gasteiger partial charge in [-0.1, -0.05) is 13.3 Å². The average Bonchev–Trinajstić information content (AvgIpc) is 2.63. The molecule has 3 rings (SSSR count). The van der Waals surface area contributed by atoms with Crippen molar-refractivity contribution in [3.8, 4) is 11.5 Å². The summed E-state index contributed by atoms with van der Waals surface area (Å²) in [5.41, 5.74) is 1.39. The molecule has 152 valence electrons. The van der Waals surface area contributed by atoms with Crippen molar-refractivity contribution in [2.45, 2.75) is 51.7 Å². The molecule has 0 spiro atoms. The van der Waals surface area contributed by atoms with Crippen LogP contribution in [-0.4, -0.2) is 30.3 Å². The Morgan fingerprint density at radius 2 is 2.07 bits per heavy atom. The number of aromatic hydroxyl groups is 1. The van der Waals surface area contributed by atoms with Crippen LogP contribution in [0.1, 0.15) is 51.1 Å². The minimum absolute atomic E-state index is 0.0486. The van der Waals surface area contributed by atoms with Gasteiger partial charge in [0.2, 0.25) is 0 Å². The number of halogens is 1. The third-order valence-electron chi connectivity index (χ3n) is 5.26. The van der Waals surface area contributed by atoms with Crippen LogP contribution in [0, 0.1) is 5.92 Å². The summed E-state index contributed by atoms with van der Waals surface area (Å²) in [7, 11) is 1.44. The van der Waals surface area contributed by atoms with E-state index >= 15 is 0 Å². The molecule has 3 atom stereocenters. The lowest BCUT2D eigenvalue weighted by atomic mass is 9.88. The van der Waals surface area contributed by atoms with E-state index in [1.165, 1.54) is 7.11 Å². The first-order chi connectivity index (χ1) is 13.3. The number of phenolic OH excluding ortho intramolecular Hbond substituents is 1. The van der Waals surface area contributed by atoms with Crippen molar-refractivity contribution in [3.05, 3.63) is 33.4 Å². The van der Waals surface area contributed by atoms with E-state index in [1.54, 1.807) is 19.1 Å². The Hall–Kier alpha value is -2.22. The third-order valence-corrected chi connectivity index (χ3v) is 5.86. The monoisotopic (exact) mass is 452 g/mol. The normalized spacial score (nSPS) is 25.0. The van der Waals surface area contributed by atoms with Gasteiger partial charge in [-0.15, -0.1) is 0 Å². The second-order valence-corrected chi connectivity index (χ2v) is 8.28. The molecule has 0 bridgehead atoms. The number of amides is 2. The van der Waals surface area contributed by atoms with Crippen molar-refractivity contribution in [2.24, 2.45) is 5.92 Å². The zero-order valence-corrected chi connectivity index (χ0v) is 17.8. The van der Waals surface area contributed by atoms with E-state index in [0.717, 1.165) is 25.7 Å². The number of methoxy groups -OCH3 is 1. The molecule has 0 radical (unpaired) electrons. The number of phenols is 1. The fourth-order valence-electron chi connectivity index (χ4n) is 3.83. The van der Waals surface area contributed by atoms with E-state index in [-0.39, 0.29) is 17.6 Å². The van der Waals surface area contributed by atoms with Gasteiger partial charge in [-0.2, -0.15) is 0 Å². The number of carbonyl (C=O) groups excluding carboxylic acids is 2. The Labute approximate surface area is 172 Å². The predicted octanol–water partition coefficient (Wildman–Crippen LogP) is 3.91. The SMILES string of the molecule is COc1cc([C@H]2NC(=O)NC(C)=C2C(=O)O[C@H]2CCC[C@H](C)C2)cc(Br)c1O. The fraction of sp³-hybridized carbons (Fsp3) is 0.500. The molecular formula is C20H25BrN2O5. The average molecular weight is 453 g/mol. The van der Waals surface area contributed by atoms with Crippen molar-refractivity contribution < 1.29 is 24.2 Å². The number of hydrogen-bond donors (Lipinski definition) is 3. The zero-order chi connectivity index (χ0) is 20.4. The first kappa shape index (κ1) is 20.5. The number of allylic oxidation sites excluding steroid dienone is 1. The maximum Gasteiger partial charge on any atom is 0.338 e. The van der Waals surface area contributed by atoms with E-state index in [2.05, 4.69) is 33.5 Å². The van der Waals surface area contributed by atoms with E-state index in [4.69, 9.17) is 9.47 Å². The Balaban J connectivity index is 1.93. The minimum Gasteiger partial charge on any atom is -0.503 e. The molecule has 8 heteroatoms. The molecule has 1 saturated carbocycles. The van der Waals surface area contributed by atoms with Crippen molar-refractivity contribution in [3.63, 3.8) is 0 Å². The van der Waals surface area contributed by atoms with Crippen molar-refractivity contribution in [2.75, 3.05) is 7.11 Å². The smallest absolute Gasteiger partial charge is 0.338 e. The van der Waals surface area contributed by atoms with Gasteiger partial charge in [0, 0.05) is 5.70 Å². The van der Waals surface area contributed by atoms with Gasteiger partial charge in [0.1, 0.15) is 6.10 Å². The first-order valence-corrected chi connectivity index (χ1v) is 10.1. The van der Waals surface area contributed by atoms with Gasteiger partial charge >= 0.3 is 12.0 Å². The summed E-state index contributed by atoms with van der Waals surface area (Å²) in [5, 5.41) is 15.5. The van der Waals surface area contributed by atoms with Gasteiger partial charge in [-0.05, 0) is 65.7 Å². The van der Waals surface area contributed by atoms with E-state index < -0.39 is 18.0 Å². The predicted molar refractivity (Wildman–Crippen MR) is 107 cm³/mol. The number of benzene rings is 1. The summed E-state index contributed by atoms with van der Waals surface area (Å²) < 4.78 is 11.4. The van der Waals surface area contributed by atoms with Gasteiger partial charge in [0.25, 0.3) is 0 Å². The molecule has 0 aromatic heterocycles. The number of ether oxygens (including phenoxy) is 2. The van der Waals surface area contributed by atoms with Crippen molar-refractivity contribution in [1.29, 1.82) is 0 Å². The highest BCUT2D eigenvalue weighted by Crippen LogP contribution is 2.39. The van der Waals surface area contributed by atoms with Crippen LogP contribution in [0.15, 0.2) is 27.9 Å². The highest BCUT2D eigenvalue weighted by atomic mass is 79.9. The first-order valence-electron chi connectivity index (χ1n) is 9.35. The van der Waals surface area contributed by atoms with Crippen LogP contribution >= 0.6 is 15.9 Å². The lowest BCUT2D eigenvalue weighted by molar-refractivity contribution is -0.146. The number of hydrogen-bond acceptors (Lipinski definition) is 5. The van der Waals surface area contributed by atoms with Gasteiger partial charge in [-0.25, -0.2) is 9.59 Å². The summed E-state index contributed by atoms with van der Waals surface area (Å²) in [6, 6.07) is 2.12. The topological polar surface area (TPSA) is 96.9 Å². The van der Waals surface area contributed by atoms with Crippen molar-refractivity contribution >= 4 is 27.9 Å². The molecular weight excluding hydrogens is 428 g/mol. The quantitative estimate of drug-likeness (QED) is 0.601. The summed E-state index contributed by atoms with van der Waals surface area (Å²) in [6.45, 7) is 3.84. The number of rotatable bonds is 4. The highest BCUT2D eigenvalue weighted by Gasteiger charge is 2.34. The van der Waals surface area contributed by atoms with E-state index in [9.17, 15) is 14.7 Å². The molecule has 1 aliphatic heterocycles. The van der Waals surface area contributed by atoms with Gasteiger partial charge in [-0.3, -0.25) is 0 Å². The maximum absolute atomic E-state index is 13.0. The second-order valence-electron chi connectivity index (χ2n) is 7.42. The second kappa shape index (κ2) is 8.43. The Kier molecular flexibility index (Phi) is 6.17. The minimum atomic E-state index is -0.715. The molecule has 0 saturated heterocycles. The Morgan fingerprint density at radius 3 is 2.75 bits per heavy atom. The zero-order valence-electron chi connectivity index (χ0n) is 16.2. The molecule has 28 heavy (non-hydrogen) atoms. The lowest BCUT2D eigenvalue weighted by Gasteiger charge is -2.31. The summed E-state index contributed by atoms with van der Waals surface area (Å²) in [5.74, 6) is 0.271. The molecule has 1 fully saturated rings. The van der Waals surface area contributed by atoms with Crippen LogP contribution in [-0.2, 0) is 9.53 Å². The lowest BCUT2D eigenvalue weighted by Crippen LogP contribution is -2.45. The molecule has 1 heterocycles. The van der Waals surface area contributed by atoms with E-state index in [1.807, 2.05) is 0 Å². The summed E-state index contributed by atoms with van der Waals surface area (Å²) in [6.07, 6.45) is 3.78. The largest absolute Gasteiger partial charge is 0.503 e. The number of nitrogens with one attached hydrogen (secondary N) is 2. The standard InChI is InChI=1S/C20H25BrN2O5/c1-10-5-4-6-13(7-10)28-19(25)16-11(2)22-20(26)23-17(16)12-8-14(21)18(24)15(9-12)27-3/h8-10,13,17,24H,4-7H2,1-3H3,(H2,22,23,26)/t10-,13-,17+/m0/s1. The molecule has 1 aliphatic carbocycles. The third kappa shape index (κ3) is 4.27. The van der Waals surface area contributed by atoms with Crippen LogP contribution in [0.3, 0.4) is 0 Å². The Bertz CT molecular complexity index is 823. The van der Waals surface area contributed by atoms with Crippen LogP contribution in [0.5, 0.6) is 11.5 Å². The Morgan fingerprint density at radius 1 is 1.32 bits per heavy atom. The molecule has 7 nitrogen and oxygen atoms in total. The fourth-order valence-corrected chi connectivity index (χ4v) is 4.29. The van der Waals surface area contributed by atoms with E-state index in [0.29, 0.717) is 27.2 Å². The molecule has 2 aliphatic rings. The molecule has 1 aromatic rings. The van der Waals surface area contributed by atoms with Crippen molar-refractivity contribution in [1.82, 2.24) is 10.6 Å². The summed E-state index contributed by atoms with van der Waals surface area (Å²) >= 11 is 3.29. The van der Waals surface area contributed by atoms with Crippen LogP contribution < -0.4 is 15.4 Å². The number of esters is 1. The van der Waals surface area contributed by atoms with Crippen LogP contribution in [0.4, 0.5) is 4.79 Å². The van der Waals surface area contributed by atoms with Gasteiger partial charge in [0.05, 0.1) is 23.2 Å². The van der Waals surface area contributed by atoms with Crippen LogP contribution in [0.25, 0.3) is 0 Å². The number of carbonyl (C=O) groups is 2. The number of urea groups is 1. The molecule has 1 aromatic carbocycles. The molecule has 0 unspecified atom stereocenters. The highest BCUT2D eigenvalue weighted by molar-refractivity contribution is 9.10. The van der Waals surface area contributed by atoms with Crippen LogP contribution in [0.2, 0.25) is 0 Å². The van der Waals surface area contributed by atoms with Gasteiger partial charge < -0.3 is 25.2 Å². The molecule has 3 N–H and O–H groups in total. The van der Waals surface area contributed by atoms with Gasteiger partial charge in [0.15, 0.2) is 11.5 Å².